The third kappa shape index (κ3) is 4.99. The topological polar surface area (TPSA) is 127 Å². The molecule has 0 saturated heterocycles. The average molecular weight is 344 g/mol. The molecule has 0 aliphatic rings. The summed E-state index contributed by atoms with van der Waals surface area (Å²) in [5, 5.41) is 27.3. The predicted molar refractivity (Wildman–Crippen MR) is 91.4 cm³/mol. The lowest BCUT2D eigenvalue weighted by molar-refractivity contribution is -0.385. The second kappa shape index (κ2) is 8.39. The summed E-state index contributed by atoms with van der Waals surface area (Å²) in [4.78, 5) is 32.7. The molecule has 0 atom stereocenters. The van der Waals surface area contributed by atoms with Crippen molar-refractivity contribution < 1.29 is 14.6 Å². The van der Waals surface area contributed by atoms with E-state index in [2.05, 4.69) is 10.6 Å². The van der Waals surface area contributed by atoms with Crippen molar-refractivity contribution >= 4 is 23.0 Å². The van der Waals surface area contributed by atoms with E-state index >= 15 is 0 Å². The summed E-state index contributed by atoms with van der Waals surface area (Å²) < 4.78 is 0. The zero-order chi connectivity index (χ0) is 18.2. The lowest BCUT2D eigenvalue weighted by Crippen LogP contribution is -2.30. The standard InChI is InChI=1S/C16H16N4O5/c21-16(11-12-5-1-3-7-14(12)19(22)23)18-10-9-17-13-6-2-4-8-15(13)20(24)25/h1-8,17H,9-11H2,(H,18,21). The number of para-hydroxylation sites is 3. The minimum absolute atomic E-state index is 0.0475. The van der Waals surface area contributed by atoms with Gasteiger partial charge in [0, 0.05) is 30.8 Å². The number of carbonyl (C=O) groups is 1. The van der Waals surface area contributed by atoms with Crippen LogP contribution in [-0.4, -0.2) is 28.8 Å². The summed E-state index contributed by atoms with van der Waals surface area (Å²) >= 11 is 0. The number of nitrogens with one attached hydrogen (secondary N) is 2. The smallest absolute Gasteiger partial charge is 0.292 e. The van der Waals surface area contributed by atoms with Crippen LogP contribution in [0.15, 0.2) is 48.5 Å². The third-order valence-electron chi connectivity index (χ3n) is 3.40. The van der Waals surface area contributed by atoms with Crippen LogP contribution in [0.3, 0.4) is 0 Å². The normalized spacial score (nSPS) is 10.1. The highest BCUT2D eigenvalue weighted by Crippen LogP contribution is 2.22. The van der Waals surface area contributed by atoms with Gasteiger partial charge < -0.3 is 10.6 Å². The van der Waals surface area contributed by atoms with Gasteiger partial charge in [-0.05, 0) is 6.07 Å². The van der Waals surface area contributed by atoms with Crippen molar-refractivity contribution in [1.82, 2.24) is 5.32 Å². The molecule has 0 aromatic heterocycles. The van der Waals surface area contributed by atoms with Crippen LogP contribution in [0.2, 0.25) is 0 Å². The fraction of sp³-hybridized carbons (Fsp3) is 0.188. The van der Waals surface area contributed by atoms with E-state index in [9.17, 15) is 25.0 Å². The molecule has 25 heavy (non-hydrogen) atoms. The Labute approximate surface area is 143 Å². The number of nitrogens with zero attached hydrogens (tertiary/aromatic N) is 2. The summed E-state index contributed by atoms with van der Waals surface area (Å²) in [6.07, 6.45) is -0.108. The van der Waals surface area contributed by atoms with Gasteiger partial charge in [0.1, 0.15) is 5.69 Å². The third-order valence-corrected chi connectivity index (χ3v) is 3.40. The number of nitro groups is 2. The van der Waals surface area contributed by atoms with Gasteiger partial charge in [0.15, 0.2) is 0 Å². The van der Waals surface area contributed by atoms with Crippen molar-refractivity contribution in [2.45, 2.75) is 6.42 Å². The maximum atomic E-state index is 11.9. The van der Waals surface area contributed by atoms with Gasteiger partial charge in [0.2, 0.25) is 5.91 Å². The van der Waals surface area contributed by atoms with Crippen LogP contribution in [0, 0.1) is 20.2 Å². The fourth-order valence-electron chi connectivity index (χ4n) is 2.26. The van der Waals surface area contributed by atoms with Crippen LogP contribution in [0.1, 0.15) is 5.56 Å². The number of rotatable bonds is 8. The van der Waals surface area contributed by atoms with Crippen molar-refractivity contribution in [3.05, 3.63) is 74.3 Å². The van der Waals surface area contributed by atoms with Crippen molar-refractivity contribution in [2.24, 2.45) is 0 Å². The number of amides is 1. The van der Waals surface area contributed by atoms with Crippen molar-refractivity contribution in [3.63, 3.8) is 0 Å². The SMILES string of the molecule is O=C(Cc1ccccc1[N+](=O)[O-])NCCNc1ccccc1[N+](=O)[O-]. The summed E-state index contributed by atoms with van der Waals surface area (Å²) in [5.74, 6) is -0.362. The van der Waals surface area contributed by atoms with E-state index < -0.39 is 9.85 Å². The van der Waals surface area contributed by atoms with E-state index in [0.29, 0.717) is 11.3 Å². The first kappa shape index (κ1) is 17.9. The molecular formula is C16H16N4O5. The Balaban J connectivity index is 1.84. The molecule has 0 fully saturated rings. The Hall–Kier alpha value is -3.49. The van der Waals surface area contributed by atoms with Gasteiger partial charge in [0.25, 0.3) is 11.4 Å². The van der Waals surface area contributed by atoms with Crippen molar-refractivity contribution in [1.29, 1.82) is 0 Å². The molecule has 0 heterocycles. The molecule has 9 heteroatoms. The van der Waals surface area contributed by atoms with Crippen LogP contribution in [-0.2, 0) is 11.2 Å². The van der Waals surface area contributed by atoms with Crippen molar-refractivity contribution in [2.75, 3.05) is 18.4 Å². The van der Waals surface area contributed by atoms with E-state index in [1.165, 1.54) is 24.3 Å². The van der Waals surface area contributed by atoms with Gasteiger partial charge >= 0.3 is 0 Å². The average Bonchev–Trinajstić information content (AvgIpc) is 2.59. The first-order valence-corrected chi connectivity index (χ1v) is 7.45. The van der Waals surface area contributed by atoms with E-state index in [1.54, 1.807) is 24.3 Å². The molecule has 2 N–H and O–H groups in total. The number of hydrogen-bond acceptors (Lipinski definition) is 6. The van der Waals surface area contributed by atoms with E-state index in [1.807, 2.05) is 0 Å². The van der Waals surface area contributed by atoms with Crippen molar-refractivity contribution in [3.8, 4) is 0 Å². The van der Waals surface area contributed by atoms with Gasteiger partial charge in [-0.25, -0.2) is 0 Å². The Morgan fingerprint density at radius 3 is 2.16 bits per heavy atom. The zero-order valence-corrected chi connectivity index (χ0v) is 13.2. The zero-order valence-electron chi connectivity index (χ0n) is 13.2. The van der Waals surface area contributed by atoms with Gasteiger partial charge in [-0.1, -0.05) is 30.3 Å². The molecule has 2 rings (SSSR count). The largest absolute Gasteiger partial charge is 0.378 e. The van der Waals surface area contributed by atoms with Crippen LogP contribution >= 0.6 is 0 Å². The van der Waals surface area contributed by atoms with Gasteiger partial charge in [-0.2, -0.15) is 0 Å². The molecule has 0 aliphatic heterocycles. The van der Waals surface area contributed by atoms with Gasteiger partial charge in [0.05, 0.1) is 16.3 Å². The van der Waals surface area contributed by atoms with Gasteiger partial charge in [-0.3, -0.25) is 25.0 Å². The summed E-state index contributed by atoms with van der Waals surface area (Å²) in [5.41, 5.74) is 0.543. The quantitative estimate of drug-likeness (QED) is 0.429. The first-order chi connectivity index (χ1) is 12.0. The molecular weight excluding hydrogens is 328 g/mol. The molecule has 0 radical (unpaired) electrons. The second-order valence-corrected chi connectivity index (χ2v) is 5.11. The van der Waals surface area contributed by atoms with Gasteiger partial charge in [-0.15, -0.1) is 0 Å². The molecule has 0 bridgehead atoms. The van der Waals surface area contributed by atoms with E-state index in [4.69, 9.17) is 0 Å². The predicted octanol–water partition coefficient (Wildman–Crippen LogP) is 2.27. The monoisotopic (exact) mass is 344 g/mol. The van der Waals surface area contributed by atoms with E-state index in [0.717, 1.165) is 0 Å². The second-order valence-electron chi connectivity index (χ2n) is 5.11. The Kier molecular flexibility index (Phi) is 5.99. The molecule has 0 spiro atoms. The number of nitro benzene ring substituents is 2. The molecule has 130 valence electrons. The lowest BCUT2D eigenvalue weighted by Gasteiger charge is -2.08. The summed E-state index contributed by atoms with van der Waals surface area (Å²) in [6, 6.07) is 12.2. The molecule has 0 aliphatic carbocycles. The molecule has 2 aromatic carbocycles. The fourth-order valence-corrected chi connectivity index (χ4v) is 2.26. The van der Waals surface area contributed by atoms with Crippen LogP contribution in [0.5, 0.6) is 0 Å². The maximum absolute atomic E-state index is 11.9. The molecule has 2 aromatic rings. The number of anilines is 1. The summed E-state index contributed by atoms with van der Waals surface area (Å²) in [6.45, 7) is 0.513. The van der Waals surface area contributed by atoms with Crippen LogP contribution in [0.25, 0.3) is 0 Å². The molecule has 0 unspecified atom stereocenters. The Morgan fingerprint density at radius 1 is 0.880 bits per heavy atom. The van der Waals surface area contributed by atoms with E-state index in [-0.39, 0.29) is 36.8 Å². The summed E-state index contributed by atoms with van der Waals surface area (Å²) in [7, 11) is 0. The molecule has 1 amide bonds. The van der Waals surface area contributed by atoms with Crippen LogP contribution < -0.4 is 10.6 Å². The number of carbonyl (C=O) groups excluding carboxylic acids is 1. The highest BCUT2D eigenvalue weighted by molar-refractivity contribution is 5.79. The molecule has 9 nitrogen and oxygen atoms in total. The first-order valence-electron chi connectivity index (χ1n) is 7.45. The minimum Gasteiger partial charge on any atom is -0.378 e. The lowest BCUT2D eigenvalue weighted by atomic mass is 10.1. The molecule has 0 saturated carbocycles. The highest BCUT2D eigenvalue weighted by Gasteiger charge is 2.15. The van der Waals surface area contributed by atoms with Crippen LogP contribution in [0.4, 0.5) is 17.1 Å². The maximum Gasteiger partial charge on any atom is 0.292 e. The highest BCUT2D eigenvalue weighted by atomic mass is 16.6. The number of hydrogen-bond donors (Lipinski definition) is 2. The minimum atomic E-state index is -0.529. The Bertz CT molecular complexity index is 794. The number of benzene rings is 2. The Morgan fingerprint density at radius 2 is 1.48 bits per heavy atom.